The number of carbonyl (C=O) groups is 1. The Morgan fingerprint density at radius 2 is 2.00 bits per heavy atom. The highest BCUT2D eigenvalue weighted by atomic mass is 32.1. The third-order valence-electron chi connectivity index (χ3n) is 4.59. The van der Waals surface area contributed by atoms with E-state index >= 15 is 0 Å². The number of Topliss-reactive ketones (excluding diaryl/α,β-unsaturated/α-hetero) is 1. The summed E-state index contributed by atoms with van der Waals surface area (Å²) in [4.78, 5) is 17.0. The summed E-state index contributed by atoms with van der Waals surface area (Å²) in [6, 6.07) is 0. The molecule has 4 heteroatoms. The summed E-state index contributed by atoms with van der Waals surface area (Å²) in [5.41, 5.74) is 7.18. The molecule has 1 saturated carbocycles. The molecule has 1 fully saturated rings. The normalized spacial score (nSPS) is 18.7. The van der Waals surface area contributed by atoms with Crippen LogP contribution >= 0.6 is 11.3 Å². The first kappa shape index (κ1) is 16.6. The van der Waals surface area contributed by atoms with E-state index in [2.05, 4.69) is 31.1 Å². The summed E-state index contributed by atoms with van der Waals surface area (Å²) in [5.74, 6) is 0.303. The Hall–Kier alpha value is -0.740. The van der Waals surface area contributed by atoms with E-state index in [4.69, 9.17) is 5.73 Å². The van der Waals surface area contributed by atoms with Crippen LogP contribution in [0.25, 0.3) is 0 Å². The monoisotopic (exact) mass is 308 g/mol. The van der Waals surface area contributed by atoms with Gasteiger partial charge in [-0.25, -0.2) is 4.98 Å². The fourth-order valence-electron chi connectivity index (χ4n) is 3.14. The summed E-state index contributed by atoms with van der Waals surface area (Å²) >= 11 is 1.61. The van der Waals surface area contributed by atoms with Crippen LogP contribution in [0.2, 0.25) is 0 Å². The van der Waals surface area contributed by atoms with E-state index in [0.717, 1.165) is 23.5 Å². The molecule has 0 spiro atoms. The molecule has 0 aliphatic heterocycles. The number of nitrogens with two attached hydrogens (primary N) is 1. The lowest BCUT2D eigenvalue weighted by Crippen LogP contribution is -2.35. The maximum absolute atomic E-state index is 12.4. The summed E-state index contributed by atoms with van der Waals surface area (Å²) in [6.07, 6.45) is 7.06. The second-order valence-electron chi connectivity index (χ2n) is 7.53. The Morgan fingerprint density at radius 1 is 1.33 bits per heavy atom. The highest BCUT2D eigenvalue weighted by molar-refractivity contribution is 7.09. The quantitative estimate of drug-likeness (QED) is 0.899. The molecule has 21 heavy (non-hydrogen) atoms. The van der Waals surface area contributed by atoms with E-state index in [1.165, 1.54) is 19.3 Å². The van der Waals surface area contributed by atoms with Crippen molar-refractivity contribution in [3.05, 3.63) is 16.1 Å². The van der Waals surface area contributed by atoms with Crippen molar-refractivity contribution in [3.8, 4) is 0 Å². The first-order valence-electron chi connectivity index (χ1n) is 8.01. The first-order chi connectivity index (χ1) is 9.85. The van der Waals surface area contributed by atoms with Gasteiger partial charge in [0.2, 0.25) is 0 Å². The third-order valence-corrected chi connectivity index (χ3v) is 5.44. The molecule has 1 aliphatic rings. The van der Waals surface area contributed by atoms with Crippen molar-refractivity contribution < 1.29 is 4.79 Å². The lowest BCUT2D eigenvalue weighted by molar-refractivity contribution is -0.121. The van der Waals surface area contributed by atoms with Crippen molar-refractivity contribution in [2.75, 3.05) is 6.54 Å². The van der Waals surface area contributed by atoms with Crippen LogP contribution in [0.3, 0.4) is 0 Å². The number of ketones is 1. The number of thiazole rings is 1. The lowest BCUT2D eigenvalue weighted by atomic mass is 9.71. The van der Waals surface area contributed by atoms with Gasteiger partial charge in [0, 0.05) is 17.2 Å². The van der Waals surface area contributed by atoms with E-state index in [-0.39, 0.29) is 10.8 Å². The zero-order chi connectivity index (χ0) is 15.5. The van der Waals surface area contributed by atoms with Crippen LogP contribution in [-0.4, -0.2) is 17.3 Å². The number of hydrogen-bond donors (Lipinski definition) is 1. The SMILES string of the molecule is CC(C)(C)c1csc(CC(=O)CC2(CN)CCCCC2)n1. The number of rotatable bonds is 5. The fraction of sp³-hybridized carbons (Fsp3) is 0.765. The van der Waals surface area contributed by atoms with Gasteiger partial charge in [-0.05, 0) is 24.8 Å². The third kappa shape index (κ3) is 4.36. The molecule has 0 amide bonds. The molecule has 0 radical (unpaired) electrons. The van der Waals surface area contributed by atoms with Gasteiger partial charge in [0.15, 0.2) is 0 Å². The van der Waals surface area contributed by atoms with Crippen molar-refractivity contribution >= 4 is 17.1 Å². The van der Waals surface area contributed by atoms with Crippen LogP contribution in [0.5, 0.6) is 0 Å². The molecule has 118 valence electrons. The summed E-state index contributed by atoms with van der Waals surface area (Å²) in [5, 5.41) is 3.04. The van der Waals surface area contributed by atoms with Crippen LogP contribution in [-0.2, 0) is 16.6 Å². The van der Waals surface area contributed by atoms with Crippen LogP contribution in [0.1, 0.15) is 70.0 Å². The minimum absolute atomic E-state index is 0.0552. The molecule has 2 rings (SSSR count). The zero-order valence-electron chi connectivity index (χ0n) is 13.6. The lowest BCUT2D eigenvalue weighted by Gasteiger charge is -2.35. The second-order valence-corrected chi connectivity index (χ2v) is 8.48. The molecule has 0 aromatic carbocycles. The molecular weight excluding hydrogens is 280 g/mol. The molecule has 0 saturated heterocycles. The van der Waals surface area contributed by atoms with Gasteiger partial charge in [-0.3, -0.25) is 4.79 Å². The van der Waals surface area contributed by atoms with Crippen molar-refractivity contribution in [2.45, 2.75) is 71.1 Å². The minimum atomic E-state index is 0.0552. The Morgan fingerprint density at radius 3 is 2.52 bits per heavy atom. The van der Waals surface area contributed by atoms with Crippen molar-refractivity contribution in [2.24, 2.45) is 11.1 Å². The average molecular weight is 308 g/mol. The van der Waals surface area contributed by atoms with Gasteiger partial charge < -0.3 is 5.73 Å². The molecule has 1 aliphatic carbocycles. The van der Waals surface area contributed by atoms with E-state index in [9.17, 15) is 4.79 Å². The van der Waals surface area contributed by atoms with E-state index in [1.807, 2.05) is 0 Å². The Balaban J connectivity index is 1.96. The Kier molecular flexibility index (Phi) is 5.20. The number of aromatic nitrogens is 1. The maximum atomic E-state index is 12.4. The largest absolute Gasteiger partial charge is 0.330 e. The molecule has 1 heterocycles. The zero-order valence-corrected chi connectivity index (χ0v) is 14.4. The van der Waals surface area contributed by atoms with Crippen LogP contribution in [0.4, 0.5) is 0 Å². The predicted octanol–water partition coefficient (Wildman–Crippen LogP) is 3.85. The van der Waals surface area contributed by atoms with Gasteiger partial charge in [0.1, 0.15) is 10.8 Å². The van der Waals surface area contributed by atoms with Gasteiger partial charge in [0.25, 0.3) is 0 Å². The van der Waals surface area contributed by atoms with E-state index in [1.54, 1.807) is 11.3 Å². The molecule has 3 nitrogen and oxygen atoms in total. The highest BCUT2D eigenvalue weighted by Crippen LogP contribution is 2.38. The van der Waals surface area contributed by atoms with Crippen LogP contribution in [0.15, 0.2) is 5.38 Å². The molecule has 0 atom stereocenters. The van der Waals surface area contributed by atoms with Crippen molar-refractivity contribution in [1.82, 2.24) is 4.98 Å². The highest BCUT2D eigenvalue weighted by Gasteiger charge is 2.33. The van der Waals surface area contributed by atoms with E-state index < -0.39 is 0 Å². The van der Waals surface area contributed by atoms with Gasteiger partial charge in [-0.15, -0.1) is 11.3 Å². The van der Waals surface area contributed by atoms with Crippen LogP contribution < -0.4 is 5.73 Å². The molecule has 1 aromatic rings. The fourth-order valence-corrected chi connectivity index (χ4v) is 4.19. The topological polar surface area (TPSA) is 56.0 Å². The van der Waals surface area contributed by atoms with Crippen LogP contribution in [0, 0.1) is 5.41 Å². The van der Waals surface area contributed by atoms with Gasteiger partial charge in [-0.1, -0.05) is 40.0 Å². The van der Waals surface area contributed by atoms with Crippen molar-refractivity contribution in [1.29, 1.82) is 0 Å². The van der Waals surface area contributed by atoms with Crippen molar-refractivity contribution in [3.63, 3.8) is 0 Å². The predicted molar refractivity (Wildman–Crippen MR) is 88.7 cm³/mol. The number of hydrogen-bond acceptors (Lipinski definition) is 4. The Bertz CT molecular complexity index is 481. The number of carbonyl (C=O) groups excluding carboxylic acids is 1. The molecule has 0 unspecified atom stereocenters. The average Bonchev–Trinajstić information content (AvgIpc) is 2.88. The summed E-state index contributed by atoms with van der Waals surface area (Å²) in [6.45, 7) is 7.10. The standard InChI is InChI=1S/C17H28N2OS/c1-16(2,3)14-11-21-15(19-14)9-13(20)10-17(12-18)7-5-4-6-8-17/h11H,4-10,12,18H2,1-3H3. The molecular formula is C17H28N2OS. The molecule has 1 aromatic heterocycles. The molecule has 2 N–H and O–H groups in total. The smallest absolute Gasteiger partial charge is 0.140 e. The second kappa shape index (κ2) is 6.57. The van der Waals surface area contributed by atoms with Gasteiger partial charge >= 0.3 is 0 Å². The summed E-state index contributed by atoms with van der Waals surface area (Å²) in [7, 11) is 0. The van der Waals surface area contributed by atoms with Gasteiger partial charge in [0.05, 0.1) is 12.1 Å². The molecule has 0 bridgehead atoms. The Labute approximate surface area is 132 Å². The summed E-state index contributed by atoms with van der Waals surface area (Å²) < 4.78 is 0. The first-order valence-corrected chi connectivity index (χ1v) is 8.89. The van der Waals surface area contributed by atoms with Gasteiger partial charge in [-0.2, -0.15) is 0 Å². The minimum Gasteiger partial charge on any atom is -0.330 e. The van der Waals surface area contributed by atoms with E-state index in [0.29, 0.717) is 25.2 Å². The maximum Gasteiger partial charge on any atom is 0.140 e. The number of nitrogens with zero attached hydrogens (tertiary/aromatic N) is 1.